The van der Waals surface area contributed by atoms with Crippen molar-refractivity contribution in [3.63, 3.8) is 0 Å². The van der Waals surface area contributed by atoms with Crippen LogP contribution in [0.25, 0.3) is 16.3 Å². The molecule has 1 fully saturated rings. The van der Waals surface area contributed by atoms with E-state index in [4.69, 9.17) is 0 Å². The Labute approximate surface area is 184 Å². The predicted octanol–water partition coefficient (Wildman–Crippen LogP) is 3.74. The number of nitrogens with zero attached hydrogens (tertiary/aromatic N) is 2. The van der Waals surface area contributed by atoms with Gasteiger partial charge in [0.15, 0.2) is 5.78 Å². The zero-order chi connectivity index (χ0) is 21.2. The number of fused-ring (bicyclic) bond motifs is 2. The number of Topliss-reactive ketones (excluding diaryl/α,β-unsaturated/α-hetero) is 1. The molecule has 2 heterocycles. The number of carbonyl (C=O) groups is 1. The zero-order valence-corrected chi connectivity index (χ0v) is 18.9. The lowest BCUT2D eigenvalue weighted by molar-refractivity contribution is -0.642. The van der Waals surface area contributed by atoms with E-state index in [-0.39, 0.29) is 5.78 Å². The molecule has 3 aromatic rings. The van der Waals surface area contributed by atoms with Crippen LogP contribution < -0.4 is 14.6 Å². The van der Waals surface area contributed by atoms with Crippen LogP contribution in [0.3, 0.4) is 0 Å². The Kier molecular flexibility index (Phi) is 4.61. The summed E-state index contributed by atoms with van der Waals surface area (Å²) in [6.07, 6.45) is 2.63. The highest BCUT2D eigenvalue weighted by molar-refractivity contribution is 8.03. The normalized spacial score (nSPS) is 23.5. The Bertz CT molecular complexity index is 1270. The van der Waals surface area contributed by atoms with E-state index >= 15 is 0 Å². The molecule has 1 aromatic heterocycles. The SMILES string of the molecule is Cc1ccc2c(c1)SC(=CC1C(=O)C(=Cc3sc4cc(C)ccc4[n+]3C)C1[O-])N2C. The van der Waals surface area contributed by atoms with E-state index in [1.165, 1.54) is 16.0 Å². The number of aryl methyl sites for hydroxylation is 3. The fourth-order valence-electron chi connectivity index (χ4n) is 4.00. The van der Waals surface area contributed by atoms with Gasteiger partial charge in [0, 0.05) is 30.0 Å². The van der Waals surface area contributed by atoms with Gasteiger partial charge in [-0.15, -0.1) is 0 Å². The number of hydrogen-bond donors (Lipinski definition) is 0. The molecule has 0 N–H and O–H groups in total. The molecule has 152 valence electrons. The van der Waals surface area contributed by atoms with Crippen molar-refractivity contribution < 1.29 is 14.5 Å². The second-order valence-corrected chi connectivity index (χ2v) is 10.1. The molecule has 0 spiro atoms. The molecular formula is C24H22N2O2S2. The number of hydrogen-bond acceptors (Lipinski definition) is 5. The van der Waals surface area contributed by atoms with Gasteiger partial charge < -0.3 is 10.0 Å². The first kappa shape index (κ1) is 19.5. The van der Waals surface area contributed by atoms with Gasteiger partial charge in [-0.2, -0.15) is 4.57 Å². The summed E-state index contributed by atoms with van der Waals surface area (Å²) < 4.78 is 3.21. The molecule has 2 atom stereocenters. The minimum absolute atomic E-state index is 0.0581. The van der Waals surface area contributed by atoms with Crippen LogP contribution >= 0.6 is 23.1 Å². The van der Waals surface area contributed by atoms with Gasteiger partial charge in [-0.25, -0.2) is 0 Å². The molecule has 4 nitrogen and oxygen atoms in total. The Morgan fingerprint density at radius 3 is 2.63 bits per heavy atom. The molecule has 1 saturated carbocycles. The molecule has 5 rings (SSSR count). The highest BCUT2D eigenvalue weighted by Crippen LogP contribution is 2.47. The number of ketones is 1. The Balaban J connectivity index is 1.41. The molecule has 2 aromatic carbocycles. The van der Waals surface area contributed by atoms with E-state index in [1.807, 2.05) is 20.2 Å². The van der Waals surface area contributed by atoms with Gasteiger partial charge in [0.05, 0.1) is 10.7 Å². The van der Waals surface area contributed by atoms with E-state index in [9.17, 15) is 9.90 Å². The summed E-state index contributed by atoms with van der Waals surface area (Å²) >= 11 is 3.24. The highest BCUT2D eigenvalue weighted by Gasteiger charge is 2.38. The van der Waals surface area contributed by atoms with Crippen LogP contribution in [-0.2, 0) is 11.8 Å². The maximum Gasteiger partial charge on any atom is 0.262 e. The summed E-state index contributed by atoms with van der Waals surface area (Å²) in [5.74, 6) is -0.657. The molecule has 1 aliphatic carbocycles. The first-order valence-electron chi connectivity index (χ1n) is 9.88. The standard InChI is InChI=1S/C24H22N2O2S2/c1-13-5-7-17-19(9-13)29-21(25(17)3)11-15-23(27)16(24(15)28)12-22-26(4)18-8-6-14(2)10-20(18)30-22/h5-12,15,23H,1-4H3. The number of rotatable bonds is 2. The lowest BCUT2D eigenvalue weighted by atomic mass is 9.75. The lowest BCUT2D eigenvalue weighted by Gasteiger charge is -2.41. The lowest BCUT2D eigenvalue weighted by Crippen LogP contribution is -2.52. The summed E-state index contributed by atoms with van der Waals surface area (Å²) in [5.41, 5.74) is 5.02. The summed E-state index contributed by atoms with van der Waals surface area (Å²) in [7, 11) is 3.96. The first-order valence-corrected chi connectivity index (χ1v) is 11.5. The molecule has 2 unspecified atom stereocenters. The van der Waals surface area contributed by atoms with E-state index in [2.05, 4.69) is 59.7 Å². The number of carbonyl (C=O) groups excluding carboxylic acids is 1. The summed E-state index contributed by atoms with van der Waals surface area (Å²) in [4.78, 5) is 16.1. The Morgan fingerprint density at radius 2 is 1.87 bits per heavy atom. The molecule has 0 saturated heterocycles. The van der Waals surface area contributed by atoms with Crippen LogP contribution in [0, 0.1) is 19.8 Å². The number of benzene rings is 2. The number of aromatic nitrogens is 1. The van der Waals surface area contributed by atoms with Crippen LogP contribution in [0.1, 0.15) is 16.1 Å². The second kappa shape index (κ2) is 7.08. The topological polar surface area (TPSA) is 47.2 Å². The fraction of sp³-hybridized carbons (Fsp3) is 0.250. The summed E-state index contributed by atoms with van der Waals surface area (Å²) in [5, 5.41) is 14.8. The van der Waals surface area contributed by atoms with Crippen molar-refractivity contribution in [2.45, 2.75) is 24.8 Å². The molecular weight excluding hydrogens is 412 g/mol. The summed E-state index contributed by atoms with van der Waals surface area (Å²) in [6.45, 7) is 4.13. The van der Waals surface area contributed by atoms with Gasteiger partial charge in [0.1, 0.15) is 11.7 Å². The summed E-state index contributed by atoms with van der Waals surface area (Å²) in [6, 6.07) is 12.6. The monoisotopic (exact) mass is 434 g/mol. The van der Waals surface area contributed by atoms with Crippen molar-refractivity contribution in [2.75, 3.05) is 11.9 Å². The third-order valence-corrected chi connectivity index (χ3v) is 8.18. The van der Waals surface area contributed by atoms with E-state index in [0.717, 1.165) is 25.9 Å². The van der Waals surface area contributed by atoms with Crippen molar-refractivity contribution in [2.24, 2.45) is 13.0 Å². The molecule has 1 aliphatic heterocycles. The molecule has 30 heavy (non-hydrogen) atoms. The maximum absolute atomic E-state index is 12.9. The van der Waals surface area contributed by atoms with Crippen LogP contribution in [0.15, 0.2) is 58.0 Å². The van der Waals surface area contributed by atoms with Crippen LogP contribution in [-0.4, -0.2) is 18.9 Å². The average molecular weight is 435 g/mol. The minimum atomic E-state index is -1.02. The van der Waals surface area contributed by atoms with Gasteiger partial charge >= 0.3 is 0 Å². The second-order valence-electron chi connectivity index (χ2n) is 8.02. The fourth-order valence-corrected chi connectivity index (χ4v) is 6.43. The van der Waals surface area contributed by atoms with Gasteiger partial charge in [-0.1, -0.05) is 41.3 Å². The number of thiazole rings is 1. The minimum Gasteiger partial charge on any atom is -0.848 e. The van der Waals surface area contributed by atoms with E-state index in [0.29, 0.717) is 5.57 Å². The quantitative estimate of drug-likeness (QED) is 0.455. The molecule has 0 bridgehead atoms. The first-order chi connectivity index (χ1) is 14.3. The predicted molar refractivity (Wildman–Crippen MR) is 122 cm³/mol. The Hall–Kier alpha value is -2.41. The molecule has 2 aliphatic rings. The zero-order valence-electron chi connectivity index (χ0n) is 17.3. The average Bonchev–Trinajstić information content (AvgIpc) is 3.19. The largest absolute Gasteiger partial charge is 0.848 e. The third-order valence-electron chi connectivity index (χ3n) is 5.86. The van der Waals surface area contributed by atoms with Gasteiger partial charge in [-0.05, 0) is 54.8 Å². The Morgan fingerprint density at radius 1 is 1.13 bits per heavy atom. The highest BCUT2D eigenvalue weighted by atomic mass is 32.2. The van der Waals surface area contributed by atoms with Crippen molar-refractivity contribution in [3.8, 4) is 0 Å². The molecule has 6 heteroatoms. The van der Waals surface area contributed by atoms with Gasteiger partial charge in [-0.3, -0.25) is 4.79 Å². The maximum atomic E-state index is 12.9. The van der Waals surface area contributed by atoms with E-state index < -0.39 is 12.0 Å². The number of thioether (sulfide) groups is 1. The van der Waals surface area contributed by atoms with Crippen molar-refractivity contribution in [1.82, 2.24) is 0 Å². The van der Waals surface area contributed by atoms with Crippen molar-refractivity contribution in [3.05, 3.63) is 69.2 Å². The van der Waals surface area contributed by atoms with Crippen molar-refractivity contribution in [1.29, 1.82) is 0 Å². The van der Waals surface area contributed by atoms with E-state index in [1.54, 1.807) is 29.2 Å². The molecule has 0 amide bonds. The third kappa shape index (κ3) is 3.02. The van der Waals surface area contributed by atoms with Gasteiger partial charge in [0.25, 0.3) is 5.01 Å². The van der Waals surface area contributed by atoms with Gasteiger partial charge in [0.2, 0.25) is 5.52 Å². The molecule has 0 radical (unpaired) electrons. The van der Waals surface area contributed by atoms with Crippen molar-refractivity contribution >= 4 is 50.9 Å². The number of anilines is 1. The smallest absolute Gasteiger partial charge is 0.262 e. The van der Waals surface area contributed by atoms with Crippen LogP contribution in [0.5, 0.6) is 0 Å². The van der Waals surface area contributed by atoms with Crippen LogP contribution in [0.4, 0.5) is 5.69 Å². The van der Waals surface area contributed by atoms with Crippen LogP contribution in [0.2, 0.25) is 0 Å².